The number of carbonyl (C=O) groups is 2. The van der Waals surface area contributed by atoms with Crippen LogP contribution in [0.15, 0.2) is 24.3 Å². The van der Waals surface area contributed by atoms with Gasteiger partial charge in [0.05, 0.1) is 5.41 Å². The Morgan fingerprint density at radius 3 is 2.10 bits per heavy atom. The van der Waals surface area contributed by atoms with E-state index in [9.17, 15) is 9.59 Å². The number of anilines is 1. The van der Waals surface area contributed by atoms with Crippen molar-refractivity contribution < 1.29 is 9.59 Å². The molecule has 0 saturated carbocycles. The predicted molar refractivity (Wildman–Crippen MR) is 124 cm³/mol. The second-order valence-electron chi connectivity index (χ2n) is 7.61. The highest BCUT2D eigenvalue weighted by Crippen LogP contribution is 2.27. The molecule has 5 N–H and O–H groups in total. The molecule has 0 atom stereocenters. The van der Waals surface area contributed by atoms with Gasteiger partial charge >= 0.3 is 0 Å². The molecule has 0 unspecified atom stereocenters. The minimum absolute atomic E-state index is 0. The molecule has 0 aliphatic carbocycles. The molecule has 0 aromatic heterocycles. The van der Waals surface area contributed by atoms with E-state index in [1.54, 1.807) is 0 Å². The van der Waals surface area contributed by atoms with E-state index in [4.69, 9.17) is 11.5 Å². The Morgan fingerprint density at radius 1 is 1.10 bits per heavy atom. The molecule has 1 aromatic rings. The summed E-state index contributed by atoms with van der Waals surface area (Å²) in [5, 5.41) is 3.01. The van der Waals surface area contributed by atoms with Crippen LogP contribution < -0.4 is 16.8 Å². The highest BCUT2D eigenvalue weighted by atomic mass is 35.5. The van der Waals surface area contributed by atoms with E-state index in [1.165, 1.54) is 5.56 Å². The van der Waals surface area contributed by atoms with Crippen LogP contribution in [0.1, 0.15) is 45.1 Å². The van der Waals surface area contributed by atoms with Gasteiger partial charge in [0.2, 0.25) is 11.8 Å². The summed E-state index contributed by atoms with van der Waals surface area (Å²) in [5.41, 5.74) is 12.8. The van der Waals surface area contributed by atoms with Crippen LogP contribution in [0.5, 0.6) is 0 Å². The van der Waals surface area contributed by atoms with E-state index in [-0.39, 0.29) is 42.5 Å². The molecule has 1 aliphatic heterocycles. The largest absolute Gasteiger partial charge is 0.369 e. The average molecular weight is 447 g/mol. The van der Waals surface area contributed by atoms with Crippen molar-refractivity contribution in [1.29, 1.82) is 0 Å². The number of nitrogens with one attached hydrogen (secondary N) is 1. The minimum Gasteiger partial charge on any atom is -0.369 e. The number of nitrogens with zero attached hydrogens (tertiary/aromatic N) is 1. The van der Waals surface area contributed by atoms with Crippen molar-refractivity contribution in [1.82, 2.24) is 4.90 Å². The molecule has 0 radical (unpaired) electrons. The maximum Gasteiger partial charge on any atom is 0.231 e. The fourth-order valence-electron chi connectivity index (χ4n) is 3.70. The molecule has 2 amide bonds. The van der Waals surface area contributed by atoms with Gasteiger partial charge in [0.25, 0.3) is 0 Å². The highest BCUT2D eigenvalue weighted by molar-refractivity contribution is 5.95. The standard InChI is InChI=1S/C21H34N4O2.2ClH/c1-3-21(4-2,15-22)20(27)24-18-7-5-16(6-8-18)9-12-25-13-10-17(11-14-25)19(23)26;;/h5-8,17H,3-4,9-15,22H2,1-2H3,(H2,23,26)(H,24,27);2*1H. The maximum atomic E-state index is 12.6. The number of benzene rings is 1. The highest BCUT2D eigenvalue weighted by Gasteiger charge is 2.33. The number of piperidine rings is 1. The summed E-state index contributed by atoms with van der Waals surface area (Å²) in [6.45, 7) is 7.19. The van der Waals surface area contributed by atoms with E-state index >= 15 is 0 Å². The molecular weight excluding hydrogens is 411 g/mol. The van der Waals surface area contributed by atoms with Gasteiger partial charge in [-0.25, -0.2) is 0 Å². The number of primary amides is 1. The number of carbonyl (C=O) groups excluding carboxylic acids is 2. The zero-order valence-electron chi connectivity index (χ0n) is 17.5. The number of hydrogen-bond donors (Lipinski definition) is 3. The van der Waals surface area contributed by atoms with Gasteiger partial charge in [-0.15, -0.1) is 24.8 Å². The Morgan fingerprint density at radius 2 is 1.66 bits per heavy atom. The lowest BCUT2D eigenvalue weighted by molar-refractivity contribution is -0.125. The number of halogens is 2. The lowest BCUT2D eigenvalue weighted by atomic mass is 9.81. The molecule has 6 nitrogen and oxygen atoms in total. The Balaban J connectivity index is 0.00000392. The van der Waals surface area contributed by atoms with Crippen LogP contribution in [0, 0.1) is 11.3 Å². The fraction of sp³-hybridized carbons (Fsp3) is 0.619. The Bertz CT molecular complexity index is 620. The predicted octanol–water partition coefficient (Wildman–Crippen LogP) is 2.97. The van der Waals surface area contributed by atoms with Gasteiger partial charge in [0.1, 0.15) is 0 Å². The van der Waals surface area contributed by atoms with Gasteiger partial charge < -0.3 is 21.7 Å². The van der Waals surface area contributed by atoms with Crippen LogP contribution in [-0.4, -0.2) is 42.9 Å². The molecule has 1 aromatic carbocycles. The lowest BCUT2D eigenvalue weighted by Crippen LogP contribution is -2.41. The quantitative estimate of drug-likeness (QED) is 0.542. The molecule has 166 valence electrons. The van der Waals surface area contributed by atoms with Crippen LogP contribution in [0.2, 0.25) is 0 Å². The smallest absolute Gasteiger partial charge is 0.231 e. The molecule has 8 heteroatoms. The molecule has 1 heterocycles. The number of likely N-dealkylation sites (tertiary alicyclic amines) is 1. The lowest BCUT2D eigenvalue weighted by Gasteiger charge is -2.30. The number of hydrogen-bond acceptors (Lipinski definition) is 4. The first kappa shape index (κ1) is 27.7. The third kappa shape index (κ3) is 7.45. The second-order valence-corrected chi connectivity index (χ2v) is 7.61. The SMILES string of the molecule is CCC(CC)(CN)C(=O)Nc1ccc(CCN2CCC(C(N)=O)CC2)cc1.Cl.Cl. The Kier molecular flexibility index (Phi) is 12.5. The van der Waals surface area contributed by atoms with Crippen molar-refractivity contribution in [2.24, 2.45) is 22.8 Å². The Hall–Kier alpha value is -1.34. The first-order valence-electron chi connectivity index (χ1n) is 10.1. The summed E-state index contributed by atoms with van der Waals surface area (Å²) in [6, 6.07) is 8.04. The molecule has 0 spiro atoms. The summed E-state index contributed by atoms with van der Waals surface area (Å²) in [7, 11) is 0. The normalized spacial score (nSPS) is 15.1. The van der Waals surface area contributed by atoms with Crippen LogP contribution in [0.4, 0.5) is 5.69 Å². The van der Waals surface area contributed by atoms with Gasteiger partial charge in [-0.2, -0.15) is 0 Å². The molecule has 1 aliphatic rings. The number of amides is 2. The molecular formula is C21H36Cl2N4O2. The average Bonchev–Trinajstić information content (AvgIpc) is 2.69. The van der Waals surface area contributed by atoms with E-state index < -0.39 is 5.41 Å². The summed E-state index contributed by atoms with van der Waals surface area (Å²) in [4.78, 5) is 26.2. The monoisotopic (exact) mass is 446 g/mol. The zero-order valence-corrected chi connectivity index (χ0v) is 19.1. The summed E-state index contributed by atoms with van der Waals surface area (Å²) >= 11 is 0. The van der Waals surface area contributed by atoms with Gasteiger partial charge in [-0.05, 0) is 62.9 Å². The van der Waals surface area contributed by atoms with E-state index in [0.29, 0.717) is 6.54 Å². The van der Waals surface area contributed by atoms with Crippen LogP contribution in [0.25, 0.3) is 0 Å². The molecule has 0 bridgehead atoms. The Labute approximate surface area is 187 Å². The van der Waals surface area contributed by atoms with Gasteiger partial charge in [0.15, 0.2) is 0 Å². The van der Waals surface area contributed by atoms with Gasteiger partial charge in [-0.3, -0.25) is 9.59 Å². The minimum atomic E-state index is -0.490. The first-order chi connectivity index (χ1) is 12.9. The topological polar surface area (TPSA) is 101 Å². The molecule has 1 saturated heterocycles. The first-order valence-corrected chi connectivity index (χ1v) is 10.1. The number of rotatable bonds is 9. The summed E-state index contributed by atoms with van der Waals surface area (Å²) < 4.78 is 0. The molecule has 2 rings (SSSR count). The van der Waals surface area contributed by atoms with E-state index in [0.717, 1.165) is 57.4 Å². The summed E-state index contributed by atoms with van der Waals surface area (Å²) in [6.07, 6.45) is 4.13. The third-order valence-corrected chi connectivity index (χ3v) is 6.14. The van der Waals surface area contributed by atoms with Crippen molar-refractivity contribution in [2.45, 2.75) is 46.0 Å². The van der Waals surface area contributed by atoms with Crippen molar-refractivity contribution in [3.63, 3.8) is 0 Å². The maximum absolute atomic E-state index is 12.6. The molecule has 1 fully saturated rings. The zero-order chi connectivity index (χ0) is 19.9. The fourth-order valence-corrected chi connectivity index (χ4v) is 3.70. The van der Waals surface area contributed by atoms with Crippen molar-refractivity contribution >= 4 is 42.3 Å². The second kappa shape index (κ2) is 13.1. The van der Waals surface area contributed by atoms with Crippen molar-refractivity contribution in [2.75, 3.05) is 31.5 Å². The van der Waals surface area contributed by atoms with Gasteiger partial charge in [-0.1, -0.05) is 26.0 Å². The van der Waals surface area contributed by atoms with E-state index in [2.05, 4.69) is 22.3 Å². The third-order valence-electron chi connectivity index (χ3n) is 6.14. The number of nitrogens with two attached hydrogens (primary N) is 2. The van der Waals surface area contributed by atoms with Crippen molar-refractivity contribution in [3.05, 3.63) is 29.8 Å². The van der Waals surface area contributed by atoms with Gasteiger partial charge in [0, 0.05) is 24.7 Å². The van der Waals surface area contributed by atoms with Crippen LogP contribution in [0.3, 0.4) is 0 Å². The molecule has 29 heavy (non-hydrogen) atoms. The van der Waals surface area contributed by atoms with Crippen LogP contribution >= 0.6 is 24.8 Å². The van der Waals surface area contributed by atoms with E-state index in [1.807, 2.05) is 26.0 Å². The van der Waals surface area contributed by atoms with Crippen LogP contribution in [-0.2, 0) is 16.0 Å². The van der Waals surface area contributed by atoms with Crippen molar-refractivity contribution in [3.8, 4) is 0 Å². The summed E-state index contributed by atoms with van der Waals surface area (Å²) in [5.74, 6) is -0.131.